The van der Waals surface area contributed by atoms with Crippen LogP contribution in [0.25, 0.3) is 43.4 Å². The maximum absolute atomic E-state index is 6.97. The molecule has 1 aliphatic carbocycles. The minimum absolute atomic E-state index is 0.215. The molecule has 1 atom stereocenters. The van der Waals surface area contributed by atoms with E-state index in [4.69, 9.17) is 4.74 Å². The molecule has 1 unspecified atom stereocenters. The number of rotatable bonds is 8. The first-order valence-corrected chi connectivity index (χ1v) is 28.3. The molecule has 2 aliphatic rings. The SMILES string of the molecule is CC1([Si](C)(C)C)C=CC(N(c2ccccc2)c2ccc3c(c2)Oc2cccc4c2c-3cc2c3ccccc3c(N(c3ccccc3)c3ccc([Si](C)(C)C)cc3)cc42)=CC1. The molecular weight excluding hydrogens is 761 g/mol. The van der Waals surface area contributed by atoms with Gasteiger partial charge in [-0.25, -0.2) is 0 Å². The van der Waals surface area contributed by atoms with E-state index in [9.17, 15) is 0 Å². The highest BCUT2D eigenvalue weighted by Gasteiger charge is 2.38. The van der Waals surface area contributed by atoms with Crippen LogP contribution in [0.3, 0.4) is 0 Å². The highest BCUT2D eigenvalue weighted by atomic mass is 28.3. The third-order valence-corrected chi connectivity index (χ3v) is 19.1. The minimum Gasteiger partial charge on any atom is -0.456 e. The van der Waals surface area contributed by atoms with Crippen LogP contribution in [0.5, 0.6) is 11.5 Å². The van der Waals surface area contributed by atoms with Gasteiger partial charge in [0.1, 0.15) is 11.5 Å². The molecule has 0 saturated carbocycles. The lowest BCUT2D eigenvalue weighted by atomic mass is 9.88. The quantitative estimate of drug-likeness (QED) is 0.112. The van der Waals surface area contributed by atoms with E-state index in [1.807, 2.05) is 0 Å². The van der Waals surface area contributed by atoms with Crippen LogP contribution in [0.15, 0.2) is 182 Å². The number of fused-ring (bicyclic) bond motifs is 6. The number of anilines is 5. The van der Waals surface area contributed by atoms with Crippen LogP contribution in [-0.2, 0) is 0 Å². The summed E-state index contributed by atoms with van der Waals surface area (Å²) in [4.78, 5) is 4.81. The van der Waals surface area contributed by atoms with E-state index in [-0.39, 0.29) is 5.04 Å². The molecule has 8 aromatic rings. The van der Waals surface area contributed by atoms with Crippen LogP contribution in [0, 0.1) is 0 Å². The molecule has 0 aromatic heterocycles. The van der Waals surface area contributed by atoms with Gasteiger partial charge in [0.05, 0.1) is 21.8 Å². The van der Waals surface area contributed by atoms with Gasteiger partial charge in [0.2, 0.25) is 0 Å². The molecule has 60 heavy (non-hydrogen) atoms. The van der Waals surface area contributed by atoms with Gasteiger partial charge < -0.3 is 14.5 Å². The third kappa shape index (κ3) is 6.39. The second-order valence-corrected chi connectivity index (χ2v) is 29.6. The van der Waals surface area contributed by atoms with E-state index in [1.165, 1.54) is 43.4 Å². The van der Waals surface area contributed by atoms with Crippen LogP contribution in [-0.4, -0.2) is 16.1 Å². The van der Waals surface area contributed by atoms with E-state index in [0.29, 0.717) is 0 Å². The molecule has 3 nitrogen and oxygen atoms in total. The van der Waals surface area contributed by atoms with Crippen LogP contribution >= 0.6 is 0 Å². The zero-order chi connectivity index (χ0) is 41.4. The molecule has 0 bridgehead atoms. The lowest BCUT2D eigenvalue weighted by Gasteiger charge is -2.40. The summed E-state index contributed by atoms with van der Waals surface area (Å²) in [6.07, 6.45) is 8.29. The number of allylic oxidation sites excluding steroid dienone is 3. The van der Waals surface area contributed by atoms with Crippen LogP contribution in [0.4, 0.5) is 28.4 Å². The second-order valence-electron chi connectivity index (χ2n) is 18.9. The van der Waals surface area contributed by atoms with Crippen molar-refractivity contribution in [2.75, 3.05) is 9.80 Å². The lowest BCUT2D eigenvalue weighted by Crippen LogP contribution is -2.37. The summed E-state index contributed by atoms with van der Waals surface area (Å²) in [7, 11) is -2.91. The van der Waals surface area contributed by atoms with Crippen LogP contribution in [0.1, 0.15) is 13.3 Å². The average molecular weight is 813 g/mol. The average Bonchev–Trinajstić information content (AvgIpc) is 3.25. The number of hydrogen-bond donors (Lipinski definition) is 0. The predicted molar refractivity (Wildman–Crippen MR) is 264 cm³/mol. The van der Waals surface area contributed by atoms with Crippen molar-refractivity contribution in [1.29, 1.82) is 0 Å². The van der Waals surface area contributed by atoms with Crippen LogP contribution < -0.4 is 19.7 Å². The van der Waals surface area contributed by atoms with Crippen molar-refractivity contribution in [1.82, 2.24) is 0 Å². The molecule has 8 aromatic carbocycles. The van der Waals surface area contributed by atoms with Gasteiger partial charge in [0.25, 0.3) is 0 Å². The fraction of sp³-hybridized carbons (Fsp3) is 0.164. The summed E-state index contributed by atoms with van der Waals surface area (Å²) in [5.41, 5.74) is 9.16. The standard InChI is InChI=1S/C55H52N2OSi2/c1-55(60(5,6)7)33-31-41(32-34-55)56(38-17-10-8-11-18-38)42-27-30-46-50-36-48-44-21-14-15-22-45(44)51(37-49(48)47-23-16-24-52(54(47)50)58-53(46)35-42)57(39-19-12-9-13-20-39)40-25-28-43(29-26-40)59(2,3)4/h8-33,35-37H,34H2,1-7H3. The Labute approximate surface area is 356 Å². The van der Waals surface area contributed by atoms with E-state index < -0.39 is 16.1 Å². The molecule has 0 fully saturated rings. The Morgan fingerprint density at radius 3 is 1.75 bits per heavy atom. The Morgan fingerprint density at radius 2 is 1.10 bits per heavy atom. The fourth-order valence-electron chi connectivity index (χ4n) is 9.15. The summed E-state index contributed by atoms with van der Waals surface area (Å²) in [6, 6.07) is 57.9. The van der Waals surface area contributed by atoms with E-state index in [0.717, 1.165) is 57.3 Å². The van der Waals surface area contributed by atoms with Gasteiger partial charge in [-0.2, -0.15) is 0 Å². The van der Waals surface area contributed by atoms with Crippen molar-refractivity contribution >= 4 is 82.1 Å². The normalized spacial score (nSPS) is 16.1. The Balaban J connectivity index is 1.14. The van der Waals surface area contributed by atoms with Gasteiger partial charge in [-0.05, 0) is 111 Å². The first kappa shape index (κ1) is 38.1. The lowest BCUT2D eigenvalue weighted by molar-refractivity contribution is 0.487. The molecule has 5 heteroatoms. The molecule has 0 N–H and O–H groups in total. The van der Waals surface area contributed by atoms with Crippen molar-refractivity contribution in [3.8, 4) is 22.6 Å². The smallest absolute Gasteiger partial charge is 0.137 e. The highest BCUT2D eigenvalue weighted by molar-refractivity contribution is 6.88. The summed E-state index contributed by atoms with van der Waals surface area (Å²) in [5.74, 6) is 1.76. The van der Waals surface area contributed by atoms with Crippen molar-refractivity contribution in [3.05, 3.63) is 182 Å². The molecule has 1 aliphatic heterocycles. The van der Waals surface area contributed by atoms with Crippen molar-refractivity contribution < 1.29 is 4.74 Å². The van der Waals surface area contributed by atoms with E-state index in [2.05, 4.69) is 232 Å². The number of para-hydroxylation sites is 2. The van der Waals surface area contributed by atoms with Gasteiger partial charge >= 0.3 is 0 Å². The van der Waals surface area contributed by atoms with Crippen molar-refractivity contribution in [2.24, 2.45) is 0 Å². The minimum atomic E-state index is -1.47. The van der Waals surface area contributed by atoms with Gasteiger partial charge in [0.15, 0.2) is 0 Å². The monoisotopic (exact) mass is 812 g/mol. The highest BCUT2D eigenvalue weighted by Crippen LogP contribution is 2.53. The van der Waals surface area contributed by atoms with Gasteiger partial charge in [-0.1, -0.05) is 148 Å². The van der Waals surface area contributed by atoms with Crippen molar-refractivity contribution in [3.63, 3.8) is 0 Å². The number of benzene rings is 8. The molecule has 0 spiro atoms. The molecule has 0 amide bonds. The Morgan fingerprint density at radius 1 is 0.500 bits per heavy atom. The van der Waals surface area contributed by atoms with Gasteiger partial charge in [0, 0.05) is 50.8 Å². The summed E-state index contributed by atoms with van der Waals surface area (Å²) in [5, 5.41) is 8.91. The Hall–Kier alpha value is -6.15. The number of ether oxygens (including phenoxy) is 1. The molecular formula is C55H52N2OSi2. The van der Waals surface area contributed by atoms with E-state index in [1.54, 1.807) is 0 Å². The van der Waals surface area contributed by atoms with E-state index >= 15 is 0 Å². The summed E-state index contributed by atoms with van der Waals surface area (Å²) in [6.45, 7) is 17.1. The van der Waals surface area contributed by atoms with Gasteiger partial charge in [-0.3, -0.25) is 0 Å². The second kappa shape index (κ2) is 14.3. The first-order chi connectivity index (χ1) is 28.9. The van der Waals surface area contributed by atoms with Crippen molar-refractivity contribution in [2.45, 2.75) is 57.7 Å². The zero-order valence-electron chi connectivity index (χ0n) is 35.8. The molecule has 1 heterocycles. The van der Waals surface area contributed by atoms with Gasteiger partial charge in [-0.15, -0.1) is 0 Å². The molecule has 0 radical (unpaired) electrons. The Kier molecular flexibility index (Phi) is 9.05. The third-order valence-electron chi connectivity index (χ3n) is 13.3. The largest absolute Gasteiger partial charge is 0.456 e. The molecule has 10 rings (SSSR count). The Bertz CT molecular complexity index is 3010. The topological polar surface area (TPSA) is 15.7 Å². The summed E-state index contributed by atoms with van der Waals surface area (Å²) < 4.78 is 6.97. The summed E-state index contributed by atoms with van der Waals surface area (Å²) >= 11 is 0. The first-order valence-electron chi connectivity index (χ1n) is 21.3. The fourth-order valence-corrected chi connectivity index (χ4v) is 11.6. The predicted octanol–water partition coefficient (Wildman–Crippen LogP) is 16.0. The molecule has 0 saturated heterocycles. The molecule has 296 valence electrons. The number of nitrogens with zero attached hydrogens (tertiary/aromatic N) is 2. The number of hydrogen-bond acceptors (Lipinski definition) is 3. The maximum Gasteiger partial charge on any atom is 0.137 e. The zero-order valence-corrected chi connectivity index (χ0v) is 37.8. The maximum atomic E-state index is 6.97. The van der Waals surface area contributed by atoms with Crippen LogP contribution in [0.2, 0.25) is 44.3 Å².